The van der Waals surface area contributed by atoms with Gasteiger partial charge < -0.3 is 20.5 Å². The second-order valence-electron chi connectivity index (χ2n) is 8.13. The van der Waals surface area contributed by atoms with Crippen molar-refractivity contribution in [2.24, 2.45) is 11.7 Å². The van der Waals surface area contributed by atoms with Crippen LogP contribution >= 0.6 is 0 Å². The third-order valence-electron chi connectivity index (χ3n) is 5.28. The normalized spacial score (nSPS) is 13.9. The third-order valence-corrected chi connectivity index (χ3v) is 5.28. The molecule has 3 N–H and O–H groups in total. The van der Waals surface area contributed by atoms with Crippen LogP contribution in [-0.2, 0) is 11.3 Å². The quantitative estimate of drug-likeness (QED) is 0.563. The van der Waals surface area contributed by atoms with Gasteiger partial charge in [0.2, 0.25) is 17.6 Å². The Morgan fingerprint density at radius 2 is 1.82 bits per heavy atom. The highest BCUT2D eigenvalue weighted by Crippen LogP contribution is 2.34. The van der Waals surface area contributed by atoms with Gasteiger partial charge in [0.05, 0.1) is 19.3 Å². The summed E-state index contributed by atoms with van der Waals surface area (Å²) in [5.41, 5.74) is 7.25. The molecule has 2 heterocycles. The van der Waals surface area contributed by atoms with E-state index in [9.17, 15) is 9.59 Å². The van der Waals surface area contributed by atoms with Gasteiger partial charge >= 0.3 is 0 Å². The number of fused-ring (bicyclic) bond motifs is 1. The highest BCUT2D eigenvalue weighted by Gasteiger charge is 2.22. The van der Waals surface area contributed by atoms with Crippen molar-refractivity contribution in [2.75, 3.05) is 13.2 Å². The number of carbonyl (C=O) groups is 2. The van der Waals surface area contributed by atoms with E-state index in [1.54, 1.807) is 24.3 Å². The fraction of sp³-hybridized carbons (Fsp3) is 0.348. The number of aromatic nitrogens is 4. The smallest absolute Gasteiger partial charge is 0.248 e. The second-order valence-corrected chi connectivity index (χ2v) is 8.13. The number of benzene rings is 2. The van der Waals surface area contributed by atoms with E-state index in [-0.39, 0.29) is 24.4 Å². The van der Waals surface area contributed by atoms with Crippen molar-refractivity contribution in [3.05, 3.63) is 53.6 Å². The molecule has 1 unspecified atom stereocenters. The summed E-state index contributed by atoms with van der Waals surface area (Å²) in [6, 6.07) is 12.1. The summed E-state index contributed by atoms with van der Waals surface area (Å²) in [6.07, 6.45) is 0.830. The molecule has 0 bridgehead atoms. The highest BCUT2D eigenvalue weighted by atomic mass is 16.5. The van der Waals surface area contributed by atoms with E-state index in [1.165, 1.54) is 4.80 Å². The topological polar surface area (TPSA) is 134 Å². The predicted molar refractivity (Wildman–Crippen MR) is 120 cm³/mol. The number of carbonyl (C=O) groups excluding carboxylic acids is 2. The van der Waals surface area contributed by atoms with E-state index in [1.807, 2.05) is 32.0 Å². The molecule has 172 valence electrons. The number of ether oxygens (including phenoxy) is 2. The van der Waals surface area contributed by atoms with E-state index >= 15 is 0 Å². The lowest BCUT2D eigenvalue weighted by molar-refractivity contribution is -0.123. The van der Waals surface area contributed by atoms with Gasteiger partial charge in [0, 0.05) is 17.5 Å². The summed E-state index contributed by atoms with van der Waals surface area (Å²) in [5, 5.41) is 15.3. The van der Waals surface area contributed by atoms with E-state index in [0.29, 0.717) is 41.7 Å². The molecule has 0 fully saturated rings. The maximum absolute atomic E-state index is 12.8. The van der Waals surface area contributed by atoms with Gasteiger partial charge in [-0.1, -0.05) is 32.0 Å². The van der Waals surface area contributed by atoms with Crippen LogP contribution in [0.15, 0.2) is 42.5 Å². The molecule has 33 heavy (non-hydrogen) atoms. The van der Waals surface area contributed by atoms with Crippen molar-refractivity contribution in [1.29, 1.82) is 0 Å². The number of nitrogens with two attached hydrogens (primary N) is 1. The van der Waals surface area contributed by atoms with Crippen molar-refractivity contribution in [2.45, 2.75) is 32.9 Å². The van der Waals surface area contributed by atoms with Gasteiger partial charge in [0.15, 0.2) is 11.5 Å². The van der Waals surface area contributed by atoms with Crippen LogP contribution in [0.2, 0.25) is 0 Å². The molecule has 2 amide bonds. The lowest BCUT2D eigenvalue weighted by Crippen LogP contribution is -2.34. The number of nitrogens with one attached hydrogen (secondary N) is 1. The molecule has 3 aromatic rings. The molecule has 10 heteroatoms. The Balaban J connectivity index is 1.44. The fourth-order valence-corrected chi connectivity index (χ4v) is 3.57. The molecule has 0 aliphatic carbocycles. The number of tetrazole rings is 1. The molecule has 2 aromatic carbocycles. The first-order valence-corrected chi connectivity index (χ1v) is 10.8. The highest BCUT2D eigenvalue weighted by molar-refractivity contribution is 5.93. The minimum Gasteiger partial charge on any atom is -0.490 e. The Morgan fingerprint density at radius 1 is 1.09 bits per heavy atom. The Labute approximate surface area is 191 Å². The van der Waals surface area contributed by atoms with Gasteiger partial charge in [-0.3, -0.25) is 9.59 Å². The molecular weight excluding hydrogens is 424 g/mol. The molecule has 0 saturated heterocycles. The third kappa shape index (κ3) is 5.28. The van der Waals surface area contributed by atoms with Crippen LogP contribution < -0.4 is 20.5 Å². The molecule has 4 rings (SSSR count). The average Bonchev–Trinajstić information content (AvgIpc) is 3.13. The maximum Gasteiger partial charge on any atom is 0.248 e. The van der Waals surface area contributed by atoms with E-state index < -0.39 is 5.91 Å². The van der Waals surface area contributed by atoms with Crippen molar-refractivity contribution >= 4 is 11.8 Å². The Kier molecular flexibility index (Phi) is 6.53. The van der Waals surface area contributed by atoms with Crippen LogP contribution in [-0.4, -0.2) is 45.2 Å². The van der Waals surface area contributed by atoms with Crippen molar-refractivity contribution in [3.63, 3.8) is 0 Å². The zero-order valence-corrected chi connectivity index (χ0v) is 18.5. The first-order chi connectivity index (χ1) is 15.9. The number of rotatable bonds is 7. The Hall–Kier alpha value is -3.95. The molecule has 1 aromatic heterocycles. The summed E-state index contributed by atoms with van der Waals surface area (Å²) in [6.45, 7) is 5.21. The monoisotopic (exact) mass is 450 g/mol. The van der Waals surface area contributed by atoms with Crippen LogP contribution in [0.4, 0.5) is 0 Å². The van der Waals surface area contributed by atoms with E-state index in [2.05, 4.69) is 20.7 Å². The van der Waals surface area contributed by atoms with Crippen molar-refractivity contribution in [3.8, 4) is 22.9 Å². The van der Waals surface area contributed by atoms with Crippen molar-refractivity contribution in [1.82, 2.24) is 25.5 Å². The molecule has 1 aliphatic rings. The van der Waals surface area contributed by atoms with Gasteiger partial charge in [-0.25, -0.2) is 0 Å². The van der Waals surface area contributed by atoms with Crippen LogP contribution in [0.3, 0.4) is 0 Å². The van der Waals surface area contributed by atoms with Crippen LogP contribution in [0, 0.1) is 5.92 Å². The summed E-state index contributed by atoms with van der Waals surface area (Å²) in [5.74, 6) is 1.14. The van der Waals surface area contributed by atoms with Gasteiger partial charge in [0.1, 0.15) is 6.54 Å². The molecule has 0 saturated carbocycles. The first kappa shape index (κ1) is 22.3. The zero-order valence-electron chi connectivity index (χ0n) is 18.5. The molecule has 0 spiro atoms. The summed E-state index contributed by atoms with van der Waals surface area (Å²) < 4.78 is 11.5. The van der Waals surface area contributed by atoms with Crippen molar-refractivity contribution < 1.29 is 19.1 Å². The minimum atomic E-state index is -0.511. The lowest BCUT2D eigenvalue weighted by atomic mass is 9.95. The molecule has 1 atom stereocenters. The Morgan fingerprint density at radius 3 is 2.52 bits per heavy atom. The SMILES string of the molecule is CC(C)C(NC(=O)Cn1nnc(-c2ccc(C(N)=O)cc2)n1)c1ccc2c(c1)OCCCO2. The number of primary amides is 1. The molecule has 1 aliphatic heterocycles. The number of hydrogen-bond donors (Lipinski definition) is 2. The fourth-order valence-electron chi connectivity index (χ4n) is 3.57. The lowest BCUT2D eigenvalue weighted by Gasteiger charge is -2.23. The largest absolute Gasteiger partial charge is 0.490 e. The molecule has 10 nitrogen and oxygen atoms in total. The standard InChI is InChI=1S/C23H26N6O4/c1-14(2)21(17-8-9-18-19(12-17)33-11-3-10-32-18)25-20(30)13-29-27-23(26-28-29)16-6-4-15(5-7-16)22(24)31/h4-9,12,14,21H,3,10-11,13H2,1-2H3,(H2,24,31)(H,25,30). The van der Waals surface area contributed by atoms with Gasteiger partial charge in [-0.15, -0.1) is 10.2 Å². The average molecular weight is 450 g/mol. The van der Waals surface area contributed by atoms with Gasteiger partial charge in [0.25, 0.3) is 0 Å². The van der Waals surface area contributed by atoms with Crippen LogP contribution in [0.1, 0.15) is 42.2 Å². The summed E-state index contributed by atoms with van der Waals surface area (Å²) in [4.78, 5) is 25.2. The summed E-state index contributed by atoms with van der Waals surface area (Å²) >= 11 is 0. The zero-order chi connectivity index (χ0) is 23.4. The van der Waals surface area contributed by atoms with E-state index in [0.717, 1.165) is 12.0 Å². The van der Waals surface area contributed by atoms with Gasteiger partial charge in [-0.05, 0) is 41.0 Å². The van der Waals surface area contributed by atoms with Gasteiger partial charge in [-0.2, -0.15) is 4.80 Å². The number of nitrogens with zero attached hydrogens (tertiary/aromatic N) is 4. The maximum atomic E-state index is 12.8. The number of amides is 2. The Bertz CT molecular complexity index is 1140. The molecule has 0 radical (unpaired) electrons. The summed E-state index contributed by atoms with van der Waals surface area (Å²) in [7, 11) is 0. The van der Waals surface area contributed by atoms with E-state index in [4.69, 9.17) is 15.2 Å². The predicted octanol–water partition coefficient (Wildman–Crippen LogP) is 2.11. The van der Waals surface area contributed by atoms with Crippen LogP contribution in [0.5, 0.6) is 11.5 Å². The van der Waals surface area contributed by atoms with Crippen LogP contribution in [0.25, 0.3) is 11.4 Å². The number of hydrogen-bond acceptors (Lipinski definition) is 7. The minimum absolute atomic E-state index is 0.0832. The molecular formula is C23H26N6O4. The second kappa shape index (κ2) is 9.68. The first-order valence-electron chi connectivity index (χ1n) is 10.8.